The maximum absolute atomic E-state index is 12.5. The molecule has 21 heavy (non-hydrogen) atoms. The van der Waals surface area contributed by atoms with Gasteiger partial charge in [0.05, 0.1) is 21.8 Å². The molecule has 0 amide bonds. The van der Waals surface area contributed by atoms with Crippen molar-refractivity contribution >= 4 is 11.0 Å². The van der Waals surface area contributed by atoms with Gasteiger partial charge >= 0.3 is 0 Å². The average Bonchev–Trinajstić information content (AvgIpc) is 2.45. The lowest BCUT2D eigenvalue weighted by Crippen LogP contribution is -2.36. The summed E-state index contributed by atoms with van der Waals surface area (Å²) >= 11 is 0. The van der Waals surface area contributed by atoms with Gasteiger partial charge in [0.1, 0.15) is 0 Å². The second kappa shape index (κ2) is 6.54. The molecule has 0 aliphatic heterocycles. The molecule has 2 nitrogen and oxygen atoms in total. The zero-order chi connectivity index (χ0) is 15.5. The number of hydrogen-bond donors (Lipinski definition) is 1. The van der Waals surface area contributed by atoms with E-state index >= 15 is 0 Å². The fourth-order valence-electron chi connectivity index (χ4n) is 2.15. The summed E-state index contributed by atoms with van der Waals surface area (Å²) in [5.74, 6) is 0. The van der Waals surface area contributed by atoms with E-state index in [1.54, 1.807) is 0 Å². The van der Waals surface area contributed by atoms with Crippen molar-refractivity contribution in [3.05, 3.63) is 71.3 Å². The third-order valence-corrected chi connectivity index (χ3v) is 4.98. The van der Waals surface area contributed by atoms with Gasteiger partial charge in [-0.25, -0.2) is 8.93 Å². The highest BCUT2D eigenvalue weighted by Crippen LogP contribution is 2.26. The van der Waals surface area contributed by atoms with Gasteiger partial charge in [0.25, 0.3) is 0 Å². The molecule has 2 rings (SSSR count). The first-order valence-corrected chi connectivity index (χ1v) is 8.33. The molecule has 2 aromatic carbocycles. The van der Waals surface area contributed by atoms with Crippen LogP contribution in [0.1, 0.15) is 43.5 Å². The molecule has 0 bridgehead atoms. The Morgan fingerprint density at radius 3 is 2.10 bits per heavy atom. The Morgan fingerprint density at radius 2 is 1.52 bits per heavy atom. The predicted octanol–water partition coefficient (Wildman–Crippen LogP) is 4.14. The maximum atomic E-state index is 12.5. The lowest BCUT2D eigenvalue weighted by atomic mass is 9.96. The van der Waals surface area contributed by atoms with Crippen LogP contribution >= 0.6 is 0 Å². The third-order valence-electron chi connectivity index (χ3n) is 3.41. The van der Waals surface area contributed by atoms with Crippen molar-refractivity contribution < 1.29 is 4.21 Å². The summed E-state index contributed by atoms with van der Waals surface area (Å²) in [6.45, 7) is 8.04. The second-order valence-corrected chi connectivity index (χ2v) is 8.20. The number of rotatable bonds is 4. The minimum absolute atomic E-state index is 0.0625. The fourth-order valence-corrected chi connectivity index (χ4v) is 2.98. The first-order valence-electron chi connectivity index (χ1n) is 7.18. The van der Waals surface area contributed by atoms with Crippen molar-refractivity contribution in [2.24, 2.45) is 0 Å². The van der Waals surface area contributed by atoms with E-state index in [0.717, 1.165) is 5.56 Å². The van der Waals surface area contributed by atoms with E-state index in [1.807, 2.05) is 51.1 Å². The predicted molar refractivity (Wildman–Crippen MR) is 90.5 cm³/mol. The largest absolute Gasteiger partial charge is 0.242 e. The van der Waals surface area contributed by atoms with Gasteiger partial charge in [-0.2, -0.15) is 0 Å². The quantitative estimate of drug-likeness (QED) is 0.903. The van der Waals surface area contributed by atoms with E-state index in [2.05, 4.69) is 35.9 Å². The van der Waals surface area contributed by atoms with Gasteiger partial charge < -0.3 is 0 Å². The minimum Gasteiger partial charge on any atom is -0.242 e. The van der Waals surface area contributed by atoms with Crippen LogP contribution in [0.4, 0.5) is 0 Å². The Hall–Kier alpha value is -1.45. The zero-order valence-corrected chi connectivity index (χ0v) is 13.9. The number of aryl methyl sites for hydroxylation is 1. The Labute approximate surface area is 130 Å². The lowest BCUT2D eigenvalue weighted by Gasteiger charge is -2.26. The first-order chi connectivity index (χ1) is 9.89. The number of nitrogens with one attached hydrogen (secondary N) is 1. The van der Waals surface area contributed by atoms with Gasteiger partial charge in [-0.1, -0.05) is 54.6 Å². The standard InChI is InChI=1S/C18H23NOS/c1-14-10-8-9-13-16(14)17(15-11-6-5-7-12-15)19-21(20)18(2,3)4/h5-13,17,19H,1-4H3/t17-,21?/m0/s1. The van der Waals surface area contributed by atoms with Crippen LogP contribution in [0, 0.1) is 6.92 Å². The van der Waals surface area contributed by atoms with Gasteiger partial charge in [0, 0.05) is 0 Å². The molecule has 0 spiro atoms. The highest BCUT2D eigenvalue weighted by Gasteiger charge is 2.25. The molecule has 0 fully saturated rings. The summed E-state index contributed by atoms with van der Waals surface area (Å²) < 4.78 is 15.5. The second-order valence-electron chi connectivity index (χ2n) is 6.20. The number of benzene rings is 2. The molecule has 0 saturated heterocycles. The Balaban J connectivity index is 2.41. The van der Waals surface area contributed by atoms with Gasteiger partial charge in [0.15, 0.2) is 0 Å². The molecule has 3 heteroatoms. The van der Waals surface area contributed by atoms with Gasteiger partial charge in [-0.3, -0.25) is 0 Å². The highest BCUT2D eigenvalue weighted by atomic mass is 32.2. The van der Waals surface area contributed by atoms with Crippen LogP contribution in [0.15, 0.2) is 54.6 Å². The van der Waals surface area contributed by atoms with Gasteiger partial charge in [-0.15, -0.1) is 0 Å². The van der Waals surface area contributed by atoms with Crippen molar-refractivity contribution in [3.63, 3.8) is 0 Å². The summed E-state index contributed by atoms with van der Waals surface area (Å²) in [6.07, 6.45) is 0. The lowest BCUT2D eigenvalue weighted by molar-refractivity contribution is 0.623. The van der Waals surface area contributed by atoms with Crippen molar-refractivity contribution in [1.29, 1.82) is 0 Å². The van der Waals surface area contributed by atoms with E-state index in [4.69, 9.17) is 0 Å². The molecular weight excluding hydrogens is 278 g/mol. The van der Waals surface area contributed by atoms with Crippen LogP contribution in [0.25, 0.3) is 0 Å². The SMILES string of the molecule is Cc1ccccc1[C@@H](NS(=O)C(C)(C)C)c1ccccc1. The van der Waals surface area contributed by atoms with E-state index < -0.39 is 11.0 Å². The molecule has 0 aliphatic rings. The van der Waals surface area contributed by atoms with E-state index in [9.17, 15) is 4.21 Å². The average molecular weight is 301 g/mol. The molecule has 0 aliphatic carbocycles. The van der Waals surface area contributed by atoms with Crippen molar-refractivity contribution in [3.8, 4) is 0 Å². The Kier molecular flexibility index (Phi) is 4.96. The molecule has 2 aromatic rings. The molecular formula is C18H23NOS. The summed E-state index contributed by atoms with van der Waals surface area (Å²) in [6, 6.07) is 18.4. The summed E-state index contributed by atoms with van der Waals surface area (Å²) in [4.78, 5) is 0. The highest BCUT2D eigenvalue weighted by molar-refractivity contribution is 7.84. The monoisotopic (exact) mass is 301 g/mol. The summed E-state index contributed by atoms with van der Waals surface area (Å²) in [7, 11) is -1.13. The van der Waals surface area contributed by atoms with Crippen LogP contribution in [0.3, 0.4) is 0 Å². The van der Waals surface area contributed by atoms with Crippen LogP contribution in [0.5, 0.6) is 0 Å². The normalized spacial score (nSPS) is 14.7. The van der Waals surface area contributed by atoms with Crippen LogP contribution in [-0.4, -0.2) is 8.96 Å². The van der Waals surface area contributed by atoms with Crippen molar-refractivity contribution in [2.75, 3.05) is 0 Å². The van der Waals surface area contributed by atoms with E-state index in [1.165, 1.54) is 11.1 Å². The maximum Gasteiger partial charge on any atom is 0.0979 e. The van der Waals surface area contributed by atoms with Crippen LogP contribution in [0.2, 0.25) is 0 Å². The van der Waals surface area contributed by atoms with Crippen LogP contribution < -0.4 is 4.72 Å². The molecule has 2 atom stereocenters. The third kappa shape index (κ3) is 4.02. The molecule has 0 saturated carbocycles. The first kappa shape index (κ1) is 15.9. The summed E-state index contributed by atoms with van der Waals surface area (Å²) in [5, 5.41) is 0. The van der Waals surface area contributed by atoms with Crippen LogP contribution in [-0.2, 0) is 11.0 Å². The topological polar surface area (TPSA) is 29.1 Å². The smallest absolute Gasteiger partial charge is 0.0979 e. The molecule has 0 heterocycles. The Bertz CT molecular complexity index is 617. The van der Waals surface area contributed by atoms with E-state index in [-0.39, 0.29) is 10.8 Å². The Morgan fingerprint density at radius 1 is 0.952 bits per heavy atom. The molecule has 1 unspecified atom stereocenters. The molecule has 0 radical (unpaired) electrons. The van der Waals surface area contributed by atoms with Crippen molar-refractivity contribution in [2.45, 2.75) is 38.5 Å². The molecule has 1 N–H and O–H groups in total. The zero-order valence-electron chi connectivity index (χ0n) is 13.1. The van der Waals surface area contributed by atoms with Crippen molar-refractivity contribution in [1.82, 2.24) is 4.72 Å². The minimum atomic E-state index is -1.13. The van der Waals surface area contributed by atoms with E-state index in [0.29, 0.717) is 0 Å². The van der Waals surface area contributed by atoms with Gasteiger partial charge in [-0.05, 0) is 44.4 Å². The number of hydrogen-bond acceptors (Lipinski definition) is 1. The van der Waals surface area contributed by atoms with Gasteiger partial charge in [0.2, 0.25) is 0 Å². The summed E-state index contributed by atoms with van der Waals surface area (Å²) in [5.41, 5.74) is 3.50. The fraction of sp³-hybridized carbons (Fsp3) is 0.333. The molecule has 0 aromatic heterocycles. The molecule has 112 valence electrons.